The molecular formula is C13H24N2O2. The van der Waals surface area contributed by atoms with Crippen LogP contribution in [0.4, 0.5) is 0 Å². The summed E-state index contributed by atoms with van der Waals surface area (Å²) < 4.78 is 0. The minimum Gasteiger partial charge on any atom is -0.394 e. The molecule has 1 atom stereocenters. The molecule has 0 bridgehead atoms. The highest BCUT2D eigenvalue weighted by molar-refractivity contribution is 5.82. The maximum Gasteiger partial charge on any atom is 0.237 e. The molecule has 2 rings (SSSR count). The summed E-state index contributed by atoms with van der Waals surface area (Å²) in [6.45, 7) is 3.24. The Morgan fingerprint density at radius 3 is 2.65 bits per heavy atom. The summed E-state index contributed by atoms with van der Waals surface area (Å²) in [4.78, 5) is 12.1. The van der Waals surface area contributed by atoms with Gasteiger partial charge in [0.25, 0.3) is 0 Å². The second-order valence-corrected chi connectivity index (χ2v) is 5.76. The van der Waals surface area contributed by atoms with Gasteiger partial charge in [-0.3, -0.25) is 4.79 Å². The third kappa shape index (κ3) is 2.99. The molecule has 2 fully saturated rings. The SMILES string of the molecule is CC1CCC(CO)(NC(=O)[C@H]2CCCN2)CC1. The van der Waals surface area contributed by atoms with Gasteiger partial charge in [0.1, 0.15) is 0 Å². The smallest absolute Gasteiger partial charge is 0.237 e. The van der Waals surface area contributed by atoms with Crippen LogP contribution in [0.2, 0.25) is 0 Å². The number of hydrogen-bond donors (Lipinski definition) is 3. The number of amides is 1. The molecule has 0 aromatic heterocycles. The Bertz CT molecular complexity index is 267. The number of rotatable bonds is 3. The minimum atomic E-state index is -0.353. The van der Waals surface area contributed by atoms with E-state index in [9.17, 15) is 9.90 Å². The van der Waals surface area contributed by atoms with Crippen LogP contribution < -0.4 is 10.6 Å². The number of aliphatic hydroxyl groups excluding tert-OH is 1. The highest BCUT2D eigenvalue weighted by atomic mass is 16.3. The monoisotopic (exact) mass is 240 g/mol. The van der Waals surface area contributed by atoms with Gasteiger partial charge >= 0.3 is 0 Å². The van der Waals surface area contributed by atoms with E-state index in [0.717, 1.165) is 51.0 Å². The quantitative estimate of drug-likeness (QED) is 0.683. The fourth-order valence-electron chi connectivity index (χ4n) is 2.89. The van der Waals surface area contributed by atoms with E-state index in [1.165, 1.54) is 0 Å². The molecule has 4 nitrogen and oxygen atoms in total. The number of aliphatic hydroxyl groups is 1. The first-order valence-electron chi connectivity index (χ1n) is 6.81. The molecule has 17 heavy (non-hydrogen) atoms. The van der Waals surface area contributed by atoms with E-state index in [4.69, 9.17) is 0 Å². The third-order valence-corrected chi connectivity index (χ3v) is 4.30. The van der Waals surface area contributed by atoms with E-state index < -0.39 is 0 Å². The van der Waals surface area contributed by atoms with Crippen molar-refractivity contribution in [3.05, 3.63) is 0 Å². The van der Waals surface area contributed by atoms with Crippen LogP contribution in [0.15, 0.2) is 0 Å². The maximum atomic E-state index is 12.1. The summed E-state index contributed by atoms with van der Waals surface area (Å²) in [6, 6.07) is -0.0437. The predicted molar refractivity (Wildman–Crippen MR) is 66.6 cm³/mol. The molecule has 4 heteroatoms. The highest BCUT2D eigenvalue weighted by Gasteiger charge is 2.36. The van der Waals surface area contributed by atoms with Crippen molar-refractivity contribution in [2.75, 3.05) is 13.2 Å². The van der Waals surface area contributed by atoms with Crippen LogP contribution in [-0.4, -0.2) is 35.7 Å². The molecule has 2 aliphatic rings. The molecule has 1 saturated heterocycles. The first-order chi connectivity index (χ1) is 8.15. The molecule has 98 valence electrons. The van der Waals surface area contributed by atoms with Gasteiger partial charge in [-0.15, -0.1) is 0 Å². The molecule has 0 aromatic carbocycles. The molecule has 1 aliphatic heterocycles. The Morgan fingerprint density at radius 1 is 1.41 bits per heavy atom. The molecule has 3 N–H and O–H groups in total. The van der Waals surface area contributed by atoms with Crippen LogP contribution >= 0.6 is 0 Å². The Labute approximate surface area is 103 Å². The van der Waals surface area contributed by atoms with Gasteiger partial charge in [0, 0.05) is 0 Å². The van der Waals surface area contributed by atoms with Gasteiger partial charge in [0.2, 0.25) is 5.91 Å². The van der Waals surface area contributed by atoms with Crippen molar-refractivity contribution in [1.29, 1.82) is 0 Å². The predicted octanol–water partition coefficient (Wildman–Crippen LogP) is 0.796. The summed E-state index contributed by atoms with van der Waals surface area (Å²) in [6.07, 6.45) is 6.00. The number of nitrogens with one attached hydrogen (secondary N) is 2. The van der Waals surface area contributed by atoms with Gasteiger partial charge in [-0.1, -0.05) is 6.92 Å². The summed E-state index contributed by atoms with van der Waals surface area (Å²) in [7, 11) is 0. The third-order valence-electron chi connectivity index (χ3n) is 4.30. The lowest BCUT2D eigenvalue weighted by Gasteiger charge is -2.39. The minimum absolute atomic E-state index is 0.0437. The van der Waals surface area contributed by atoms with Gasteiger partial charge in [-0.2, -0.15) is 0 Å². The number of carbonyl (C=O) groups excluding carboxylic acids is 1. The van der Waals surface area contributed by atoms with Crippen LogP contribution in [0.5, 0.6) is 0 Å². The Kier molecular flexibility index (Phi) is 4.05. The second kappa shape index (κ2) is 5.36. The lowest BCUT2D eigenvalue weighted by Crippen LogP contribution is -2.57. The van der Waals surface area contributed by atoms with Crippen LogP contribution in [0.25, 0.3) is 0 Å². The van der Waals surface area contributed by atoms with Crippen LogP contribution in [0.1, 0.15) is 45.4 Å². The zero-order valence-electron chi connectivity index (χ0n) is 10.7. The second-order valence-electron chi connectivity index (χ2n) is 5.76. The summed E-state index contributed by atoms with van der Waals surface area (Å²) in [5, 5.41) is 15.9. The van der Waals surface area contributed by atoms with Crippen molar-refractivity contribution in [2.24, 2.45) is 5.92 Å². The van der Waals surface area contributed by atoms with Gasteiger partial charge in [0.05, 0.1) is 18.2 Å². The fourth-order valence-corrected chi connectivity index (χ4v) is 2.89. The lowest BCUT2D eigenvalue weighted by atomic mass is 9.77. The van der Waals surface area contributed by atoms with Crippen molar-refractivity contribution >= 4 is 5.91 Å². The van der Waals surface area contributed by atoms with Crippen LogP contribution in [0.3, 0.4) is 0 Å². The van der Waals surface area contributed by atoms with Gasteiger partial charge in [0.15, 0.2) is 0 Å². The first-order valence-corrected chi connectivity index (χ1v) is 6.81. The molecule has 1 amide bonds. The van der Waals surface area contributed by atoms with E-state index in [1.54, 1.807) is 0 Å². The van der Waals surface area contributed by atoms with Crippen LogP contribution in [-0.2, 0) is 4.79 Å². The summed E-state index contributed by atoms with van der Waals surface area (Å²) in [5.41, 5.74) is -0.353. The van der Waals surface area contributed by atoms with Gasteiger partial charge in [-0.25, -0.2) is 0 Å². The molecule has 1 aliphatic carbocycles. The van der Waals surface area contributed by atoms with E-state index in [0.29, 0.717) is 0 Å². The molecular weight excluding hydrogens is 216 g/mol. The number of carbonyl (C=O) groups is 1. The normalized spacial score (nSPS) is 38.0. The van der Waals surface area contributed by atoms with E-state index in [1.807, 2.05) is 0 Å². The topological polar surface area (TPSA) is 61.4 Å². The van der Waals surface area contributed by atoms with E-state index >= 15 is 0 Å². The van der Waals surface area contributed by atoms with Gasteiger partial charge in [-0.05, 0) is 51.0 Å². The van der Waals surface area contributed by atoms with Crippen molar-refractivity contribution in [3.63, 3.8) is 0 Å². The zero-order chi connectivity index (χ0) is 12.3. The largest absolute Gasteiger partial charge is 0.394 e. The van der Waals surface area contributed by atoms with Gasteiger partial charge < -0.3 is 15.7 Å². The van der Waals surface area contributed by atoms with E-state index in [2.05, 4.69) is 17.6 Å². The maximum absolute atomic E-state index is 12.1. The van der Waals surface area contributed by atoms with E-state index in [-0.39, 0.29) is 24.1 Å². The van der Waals surface area contributed by atoms with Crippen molar-refractivity contribution in [3.8, 4) is 0 Å². The molecule has 0 aromatic rings. The lowest BCUT2D eigenvalue weighted by molar-refractivity contribution is -0.126. The van der Waals surface area contributed by atoms with Crippen molar-refractivity contribution in [1.82, 2.24) is 10.6 Å². The average molecular weight is 240 g/mol. The molecule has 1 heterocycles. The Hall–Kier alpha value is -0.610. The summed E-state index contributed by atoms with van der Waals surface area (Å²) >= 11 is 0. The number of hydrogen-bond acceptors (Lipinski definition) is 3. The van der Waals surface area contributed by atoms with Crippen molar-refractivity contribution in [2.45, 2.75) is 57.0 Å². The average Bonchev–Trinajstić information content (AvgIpc) is 2.86. The standard InChI is InChI=1S/C13H24N2O2/c1-10-4-6-13(9-16,7-5-10)15-12(17)11-3-2-8-14-11/h10-11,14,16H,2-9H2,1H3,(H,15,17)/t10?,11-,13?/m1/s1. The first kappa shape index (κ1) is 12.8. The van der Waals surface area contributed by atoms with Crippen molar-refractivity contribution < 1.29 is 9.90 Å². The highest BCUT2D eigenvalue weighted by Crippen LogP contribution is 2.31. The Morgan fingerprint density at radius 2 is 2.12 bits per heavy atom. The zero-order valence-corrected chi connectivity index (χ0v) is 10.7. The molecule has 1 saturated carbocycles. The molecule has 0 radical (unpaired) electrons. The summed E-state index contributed by atoms with van der Waals surface area (Å²) in [5.74, 6) is 0.794. The Balaban J connectivity index is 1.92. The molecule has 0 unspecified atom stereocenters. The fraction of sp³-hybridized carbons (Fsp3) is 0.923. The molecule has 0 spiro atoms. The van der Waals surface area contributed by atoms with Crippen LogP contribution in [0, 0.1) is 5.92 Å².